The lowest BCUT2D eigenvalue weighted by Crippen LogP contribution is -2.10. The molecule has 14 heavy (non-hydrogen) atoms. The number of nitrogens with zero attached hydrogens (tertiary/aromatic N) is 1. The van der Waals surface area contributed by atoms with Crippen molar-refractivity contribution in [3.8, 4) is 0 Å². The Balaban J connectivity index is 3.50. The molecular weight excluding hydrogens is 206 g/mol. The molecule has 3 nitrogen and oxygen atoms in total. The van der Waals surface area contributed by atoms with Crippen molar-refractivity contribution in [2.24, 2.45) is 0 Å². The second-order valence-corrected chi connectivity index (χ2v) is 2.29. The largest absolute Gasteiger partial charge is 0.478 e. The van der Waals surface area contributed by atoms with Gasteiger partial charge in [0.15, 0.2) is 5.82 Å². The van der Waals surface area contributed by atoms with Crippen LogP contribution in [0.4, 0.5) is 17.6 Å². The van der Waals surface area contributed by atoms with Gasteiger partial charge in [0.2, 0.25) is 5.95 Å². The monoisotopic (exact) mass is 209 g/mol. The molecule has 7 heteroatoms. The molecule has 0 aliphatic heterocycles. The Bertz CT molecular complexity index is 380. The summed E-state index contributed by atoms with van der Waals surface area (Å²) in [6, 6.07) is 0. The van der Waals surface area contributed by atoms with Crippen LogP contribution in [0.25, 0.3) is 0 Å². The zero-order valence-electron chi connectivity index (χ0n) is 6.47. The molecule has 1 heterocycles. The summed E-state index contributed by atoms with van der Waals surface area (Å²) in [6.45, 7) is 0. The van der Waals surface area contributed by atoms with Gasteiger partial charge >= 0.3 is 5.97 Å². The molecule has 0 aliphatic rings. The Kier molecular flexibility index (Phi) is 2.68. The lowest BCUT2D eigenvalue weighted by molar-refractivity contribution is 0.0674. The molecule has 0 aliphatic carbocycles. The first-order chi connectivity index (χ1) is 6.45. The van der Waals surface area contributed by atoms with Crippen LogP contribution in [0.5, 0.6) is 0 Å². The molecule has 0 fully saturated rings. The zero-order chi connectivity index (χ0) is 10.9. The molecule has 0 unspecified atom stereocenters. The standard InChI is InChI=1S/C7H3F4NO2/c8-2-1-12-6(11)4(7(13)14)3(2)5(9)10/h1,5H,(H,13,14). The van der Waals surface area contributed by atoms with Crippen molar-refractivity contribution in [2.75, 3.05) is 0 Å². The maximum absolute atomic E-state index is 12.7. The predicted molar refractivity (Wildman–Crippen MR) is 36.1 cm³/mol. The van der Waals surface area contributed by atoms with E-state index in [0.717, 1.165) is 0 Å². The number of hydrogen-bond acceptors (Lipinski definition) is 2. The molecule has 1 aromatic heterocycles. The predicted octanol–water partition coefficient (Wildman–Crippen LogP) is 2.00. The second-order valence-electron chi connectivity index (χ2n) is 2.29. The SMILES string of the molecule is O=C(O)c1c(F)ncc(F)c1C(F)F. The van der Waals surface area contributed by atoms with Crippen LogP contribution in [0.1, 0.15) is 22.3 Å². The summed E-state index contributed by atoms with van der Waals surface area (Å²) in [5, 5.41) is 8.34. The second kappa shape index (κ2) is 3.60. The third kappa shape index (κ3) is 1.66. The molecule has 0 bridgehead atoms. The van der Waals surface area contributed by atoms with E-state index in [1.165, 1.54) is 0 Å². The summed E-state index contributed by atoms with van der Waals surface area (Å²) >= 11 is 0. The lowest BCUT2D eigenvalue weighted by Gasteiger charge is -2.05. The van der Waals surface area contributed by atoms with Crippen LogP contribution in [0.15, 0.2) is 6.20 Å². The van der Waals surface area contributed by atoms with E-state index in [2.05, 4.69) is 4.98 Å². The highest BCUT2D eigenvalue weighted by molar-refractivity contribution is 5.89. The molecule has 0 spiro atoms. The van der Waals surface area contributed by atoms with Crippen LogP contribution in [-0.2, 0) is 0 Å². The van der Waals surface area contributed by atoms with Gasteiger partial charge < -0.3 is 5.11 Å². The summed E-state index contributed by atoms with van der Waals surface area (Å²) in [4.78, 5) is 13.0. The van der Waals surface area contributed by atoms with Crippen molar-refractivity contribution in [2.45, 2.75) is 6.43 Å². The summed E-state index contributed by atoms with van der Waals surface area (Å²) in [7, 11) is 0. The smallest absolute Gasteiger partial charge is 0.340 e. The fourth-order valence-electron chi connectivity index (χ4n) is 0.895. The normalized spacial score (nSPS) is 10.6. The van der Waals surface area contributed by atoms with Gasteiger partial charge in [-0.3, -0.25) is 0 Å². The summed E-state index contributed by atoms with van der Waals surface area (Å²) in [6.07, 6.45) is -3.19. The molecule has 0 radical (unpaired) electrons. The minimum atomic E-state index is -3.40. The van der Waals surface area contributed by atoms with E-state index < -0.39 is 35.3 Å². The molecule has 0 aromatic carbocycles. The van der Waals surface area contributed by atoms with Gasteiger partial charge in [-0.1, -0.05) is 0 Å². The van der Waals surface area contributed by atoms with Gasteiger partial charge in [0.1, 0.15) is 5.56 Å². The van der Waals surface area contributed by atoms with E-state index in [1.54, 1.807) is 0 Å². The third-order valence-electron chi connectivity index (χ3n) is 1.46. The number of hydrogen-bond donors (Lipinski definition) is 1. The first kappa shape index (κ1) is 10.4. The summed E-state index contributed by atoms with van der Waals surface area (Å²) in [5.41, 5.74) is -2.91. The summed E-state index contributed by atoms with van der Waals surface area (Å²) in [5.74, 6) is -5.15. The van der Waals surface area contributed by atoms with Crippen LogP contribution >= 0.6 is 0 Å². The van der Waals surface area contributed by atoms with Gasteiger partial charge in [-0.25, -0.2) is 22.9 Å². The number of aromatic carboxylic acids is 1. The van der Waals surface area contributed by atoms with Gasteiger partial charge in [0.05, 0.1) is 11.8 Å². The Labute approximate surface area is 75.0 Å². The highest BCUT2D eigenvalue weighted by Crippen LogP contribution is 2.26. The number of pyridine rings is 1. The van der Waals surface area contributed by atoms with E-state index in [-0.39, 0.29) is 6.20 Å². The molecule has 0 amide bonds. The number of halogens is 4. The molecular formula is C7H3F4NO2. The third-order valence-corrected chi connectivity index (χ3v) is 1.46. The zero-order valence-corrected chi connectivity index (χ0v) is 6.47. The van der Waals surface area contributed by atoms with Crippen LogP contribution in [0.3, 0.4) is 0 Å². The number of carbonyl (C=O) groups is 1. The van der Waals surface area contributed by atoms with Gasteiger partial charge in [-0.15, -0.1) is 0 Å². The molecule has 1 aromatic rings. The molecule has 0 saturated heterocycles. The Hall–Kier alpha value is -1.66. The van der Waals surface area contributed by atoms with Crippen LogP contribution < -0.4 is 0 Å². The number of aromatic nitrogens is 1. The first-order valence-electron chi connectivity index (χ1n) is 3.30. The van der Waals surface area contributed by atoms with E-state index in [4.69, 9.17) is 5.11 Å². The molecule has 1 N–H and O–H groups in total. The maximum Gasteiger partial charge on any atom is 0.340 e. The topological polar surface area (TPSA) is 50.2 Å². The van der Waals surface area contributed by atoms with Crippen molar-refractivity contribution in [1.29, 1.82) is 0 Å². The number of alkyl halides is 2. The van der Waals surface area contributed by atoms with Gasteiger partial charge in [-0.05, 0) is 0 Å². The number of carboxylic acids is 1. The van der Waals surface area contributed by atoms with E-state index >= 15 is 0 Å². The summed E-state index contributed by atoms with van der Waals surface area (Å²) < 4.78 is 49.6. The van der Waals surface area contributed by atoms with Crippen molar-refractivity contribution in [1.82, 2.24) is 4.98 Å². The highest BCUT2D eigenvalue weighted by atomic mass is 19.3. The van der Waals surface area contributed by atoms with E-state index in [0.29, 0.717) is 0 Å². The average Bonchev–Trinajstić information content (AvgIpc) is 2.07. The van der Waals surface area contributed by atoms with E-state index in [9.17, 15) is 22.4 Å². The fourth-order valence-corrected chi connectivity index (χ4v) is 0.895. The van der Waals surface area contributed by atoms with Crippen LogP contribution in [0.2, 0.25) is 0 Å². The quantitative estimate of drug-likeness (QED) is 0.598. The highest BCUT2D eigenvalue weighted by Gasteiger charge is 2.27. The van der Waals surface area contributed by atoms with Crippen molar-refractivity contribution in [3.63, 3.8) is 0 Å². The average molecular weight is 209 g/mol. The molecule has 1 rings (SSSR count). The number of rotatable bonds is 2. The Morgan fingerprint density at radius 3 is 2.36 bits per heavy atom. The Morgan fingerprint density at radius 2 is 2.00 bits per heavy atom. The van der Waals surface area contributed by atoms with Gasteiger partial charge in [-0.2, -0.15) is 4.39 Å². The molecule has 0 atom stereocenters. The lowest BCUT2D eigenvalue weighted by atomic mass is 10.1. The fraction of sp³-hybridized carbons (Fsp3) is 0.143. The molecule has 76 valence electrons. The maximum atomic E-state index is 12.7. The molecule has 0 saturated carbocycles. The van der Waals surface area contributed by atoms with Crippen LogP contribution in [-0.4, -0.2) is 16.1 Å². The van der Waals surface area contributed by atoms with Gasteiger partial charge in [0, 0.05) is 0 Å². The van der Waals surface area contributed by atoms with Crippen molar-refractivity contribution >= 4 is 5.97 Å². The van der Waals surface area contributed by atoms with Gasteiger partial charge in [0.25, 0.3) is 6.43 Å². The first-order valence-corrected chi connectivity index (χ1v) is 3.30. The number of carboxylic acid groups (broad SMARTS) is 1. The minimum absolute atomic E-state index is 0.212. The Morgan fingerprint density at radius 1 is 1.43 bits per heavy atom. The van der Waals surface area contributed by atoms with Crippen molar-refractivity contribution in [3.05, 3.63) is 29.1 Å². The van der Waals surface area contributed by atoms with Crippen LogP contribution in [0, 0.1) is 11.8 Å². The minimum Gasteiger partial charge on any atom is -0.478 e. The van der Waals surface area contributed by atoms with Crippen molar-refractivity contribution < 1.29 is 27.5 Å². The van der Waals surface area contributed by atoms with E-state index in [1.807, 2.05) is 0 Å².